The number of allylic oxidation sites excluding steroid dienone is 1. The van der Waals surface area contributed by atoms with Crippen LogP contribution in [-0.2, 0) is 0 Å². The van der Waals surface area contributed by atoms with Gasteiger partial charge >= 0.3 is 0 Å². The summed E-state index contributed by atoms with van der Waals surface area (Å²) >= 11 is 0. The van der Waals surface area contributed by atoms with Crippen molar-refractivity contribution in [2.45, 2.75) is 0 Å². The predicted octanol–water partition coefficient (Wildman–Crippen LogP) is 5.23. The second-order valence-electron chi connectivity index (χ2n) is 5.92. The minimum atomic E-state index is 0.645. The summed E-state index contributed by atoms with van der Waals surface area (Å²) in [5.74, 6) is 1.44. The van der Waals surface area contributed by atoms with Crippen LogP contribution in [0.3, 0.4) is 0 Å². The summed E-state index contributed by atoms with van der Waals surface area (Å²) in [6.45, 7) is 3.75. The first-order valence-electron chi connectivity index (χ1n) is 8.43. The summed E-state index contributed by atoms with van der Waals surface area (Å²) in [6, 6.07) is 26.2. The highest BCUT2D eigenvalue weighted by molar-refractivity contribution is 6.22. The van der Waals surface area contributed by atoms with Gasteiger partial charge in [-0.05, 0) is 23.9 Å². The molecule has 0 atom stereocenters. The van der Waals surface area contributed by atoms with Crippen molar-refractivity contribution in [1.82, 2.24) is 0 Å². The Kier molecular flexibility index (Phi) is 4.20. The summed E-state index contributed by atoms with van der Waals surface area (Å²) in [4.78, 5) is 8.78. The third-order valence-electron chi connectivity index (χ3n) is 4.42. The van der Waals surface area contributed by atoms with Crippen molar-refractivity contribution in [2.24, 2.45) is 9.98 Å². The molecule has 0 aromatic heterocycles. The quantitative estimate of drug-likeness (QED) is 0.602. The number of rotatable bonds is 3. The summed E-state index contributed by atoms with van der Waals surface area (Å²) in [6.07, 6.45) is 0. The lowest BCUT2D eigenvalue weighted by Gasteiger charge is -2.08. The van der Waals surface area contributed by atoms with Crippen LogP contribution in [0.5, 0.6) is 5.75 Å². The molecular weight excluding hydrogens is 320 g/mol. The fourth-order valence-electron chi connectivity index (χ4n) is 3.25. The Morgan fingerprint density at radius 1 is 0.846 bits per heavy atom. The molecule has 4 rings (SSSR count). The Balaban J connectivity index is 1.93. The Bertz CT molecular complexity index is 1020. The predicted molar refractivity (Wildman–Crippen MR) is 108 cm³/mol. The molecule has 3 aromatic rings. The highest BCUT2D eigenvalue weighted by Gasteiger charge is 2.31. The molecule has 0 unspecified atom stereocenters. The Labute approximate surface area is 153 Å². The maximum Gasteiger partial charge on any atom is 0.179 e. The summed E-state index contributed by atoms with van der Waals surface area (Å²) < 4.78 is 6.20. The van der Waals surface area contributed by atoms with E-state index >= 15 is 0 Å². The van der Waals surface area contributed by atoms with Gasteiger partial charge in [0.15, 0.2) is 5.76 Å². The van der Waals surface area contributed by atoms with E-state index < -0.39 is 0 Å². The topological polar surface area (TPSA) is 34.0 Å². The SMILES string of the molecule is C=N/C(=C1/Oc2cccc(-c3ccccc3)c2/C1=N/C)c1ccccc1. The molecule has 26 heavy (non-hydrogen) atoms. The van der Waals surface area contributed by atoms with Crippen LogP contribution in [0.4, 0.5) is 0 Å². The van der Waals surface area contributed by atoms with Gasteiger partial charge in [0.05, 0.1) is 5.56 Å². The average Bonchev–Trinajstić information content (AvgIpc) is 3.08. The molecule has 3 heteroatoms. The molecule has 1 aliphatic heterocycles. The standard InChI is InChI=1S/C23H18N2O/c1-24-21(17-12-7-4-8-13-17)23-22(25-2)20-18(14-9-15-19(20)26-23)16-10-5-3-6-11-16/h3-15H,1H2,2H3/b23-21+,25-22-. The molecule has 1 heterocycles. The van der Waals surface area contributed by atoms with Crippen molar-refractivity contribution in [3.05, 3.63) is 95.7 Å². The smallest absolute Gasteiger partial charge is 0.179 e. The first kappa shape index (κ1) is 16.0. The van der Waals surface area contributed by atoms with E-state index in [4.69, 9.17) is 4.74 Å². The third kappa shape index (κ3) is 2.64. The van der Waals surface area contributed by atoms with Crippen molar-refractivity contribution < 1.29 is 4.74 Å². The van der Waals surface area contributed by atoms with Gasteiger partial charge in [-0.2, -0.15) is 0 Å². The largest absolute Gasteiger partial charge is 0.452 e. The lowest BCUT2D eigenvalue weighted by Crippen LogP contribution is -2.05. The number of hydrogen-bond donors (Lipinski definition) is 0. The van der Waals surface area contributed by atoms with E-state index in [1.165, 1.54) is 0 Å². The van der Waals surface area contributed by atoms with E-state index in [1.54, 1.807) is 7.05 Å². The molecule has 0 saturated heterocycles. The third-order valence-corrected chi connectivity index (χ3v) is 4.42. The van der Waals surface area contributed by atoms with E-state index in [0.29, 0.717) is 11.5 Å². The van der Waals surface area contributed by atoms with Gasteiger partial charge in [0.25, 0.3) is 0 Å². The van der Waals surface area contributed by atoms with Crippen molar-refractivity contribution in [1.29, 1.82) is 0 Å². The molecule has 3 nitrogen and oxygen atoms in total. The van der Waals surface area contributed by atoms with Crippen LogP contribution in [0.2, 0.25) is 0 Å². The molecule has 0 saturated carbocycles. The molecule has 0 fully saturated rings. The average molecular weight is 338 g/mol. The van der Waals surface area contributed by atoms with E-state index in [9.17, 15) is 0 Å². The van der Waals surface area contributed by atoms with Crippen LogP contribution < -0.4 is 4.74 Å². The van der Waals surface area contributed by atoms with Crippen molar-refractivity contribution in [3.63, 3.8) is 0 Å². The Hall–Kier alpha value is -3.46. The van der Waals surface area contributed by atoms with Crippen LogP contribution in [0.15, 0.2) is 94.6 Å². The van der Waals surface area contributed by atoms with E-state index in [-0.39, 0.29) is 0 Å². The first-order chi connectivity index (χ1) is 12.8. The van der Waals surface area contributed by atoms with Crippen molar-refractivity contribution in [3.8, 4) is 16.9 Å². The van der Waals surface area contributed by atoms with E-state index in [2.05, 4.69) is 34.9 Å². The molecule has 0 aliphatic carbocycles. The summed E-state index contributed by atoms with van der Waals surface area (Å²) in [7, 11) is 1.78. The lowest BCUT2D eigenvalue weighted by molar-refractivity contribution is 0.470. The molecule has 3 aromatic carbocycles. The van der Waals surface area contributed by atoms with Crippen LogP contribution >= 0.6 is 0 Å². The van der Waals surface area contributed by atoms with E-state index in [1.807, 2.05) is 60.7 Å². The molecule has 126 valence electrons. The zero-order valence-electron chi connectivity index (χ0n) is 14.5. The molecule has 0 bridgehead atoms. The molecular formula is C23H18N2O. The fraction of sp³-hybridized carbons (Fsp3) is 0.0435. The highest BCUT2D eigenvalue weighted by atomic mass is 16.5. The monoisotopic (exact) mass is 338 g/mol. The van der Waals surface area contributed by atoms with Crippen LogP contribution in [0, 0.1) is 0 Å². The Morgan fingerprint density at radius 2 is 1.54 bits per heavy atom. The molecule has 0 spiro atoms. The highest BCUT2D eigenvalue weighted by Crippen LogP contribution is 2.41. The number of aliphatic imine (C=N–C) groups is 2. The number of fused-ring (bicyclic) bond motifs is 1. The van der Waals surface area contributed by atoms with Gasteiger partial charge in [0.2, 0.25) is 0 Å². The first-order valence-corrected chi connectivity index (χ1v) is 8.43. The van der Waals surface area contributed by atoms with Crippen LogP contribution in [0.25, 0.3) is 16.8 Å². The van der Waals surface area contributed by atoms with Gasteiger partial charge < -0.3 is 4.74 Å². The molecule has 0 amide bonds. The van der Waals surface area contributed by atoms with Gasteiger partial charge in [-0.25, -0.2) is 0 Å². The number of ether oxygens (including phenoxy) is 1. The van der Waals surface area contributed by atoms with Crippen LogP contribution in [-0.4, -0.2) is 19.5 Å². The number of hydrogen-bond acceptors (Lipinski definition) is 3. The maximum absolute atomic E-state index is 6.20. The second-order valence-corrected chi connectivity index (χ2v) is 5.92. The van der Waals surface area contributed by atoms with Crippen LogP contribution in [0.1, 0.15) is 11.1 Å². The summed E-state index contributed by atoms with van der Waals surface area (Å²) in [5.41, 5.74) is 5.66. The van der Waals surface area contributed by atoms with E-state index in [0.717, 1.165) is 33.7 Å². The van der Waals surface area contributed by atoms with Crippen molar-refractivity contribution in [2.75, 3.05) is 7.05 Å². The van der Waals surface area contributed by atoms with Gasteiger partial charge in [-0.1, -0.05) is 72.8 Å². The van der Waals surface area contributed by atoms with Crippen molar-refractivity contribution >= 4 is 18.1 Å². The molecule has 0 N–H and O–H groups in total. The maximum atomic E-state index is 6.20. The lowest BCUT2D eigenvalue weighted by atomic mass is 9.95. The molecule has 0 radical (unpaired) electrons. The molecule has 1 aliphatic rings. The summed E-state index contributed by atoms with van der Waals surface area (Å²) in [5, 5.41) is 0. The fourth-order valence-corrected chi connectivity index (χ4v) is 3.25. The van der Waals surface area contributed by atoms with Gasteiger partial charge in [0, 0.05) is 12.6 Å². The number of nitrogens with zero attached hydrogens (tertiary/aromatic N) is 2. The number of benzene rings is 3. The second kappa shape index (κ2) is 6.81. The van der Waals surface area contributed by atoms with Gasteiger partial charge in [-0.3, -0.25) is 9.98 Å². The zero-order chi connectivity index (χ0) is 17.9. The van der Waals surface area contributed by atoms with Gasteiger partial charge in [0.1, 0.15) is 17.2 Å². The Morgan fingerprint density at radius 3 is 2.19 bits per heavy atom. The normalized spacial score (nSPS) is 16.1. The minimum Gasteiger partial charge on any atom is -0.452 e. The van der Waals surface area contributed by atoms with Gasteiger partial charge in [-0.15, -0.1) is 0 Å². The zero-order valence-corrected chi connectivity index (χ0v) is 14.5. The minimum absolute atomic E-state index is 0.645.